The molecule has 0 radical (unpaired) electrons. The van der Waals surface area contributed by atoms with E-state index in [0.717, 1.165) is 11.3 Å². The smallest absolute Gasteiger partial charge is 0.269 e. The molecule has 0 unspecified atom stereocenters. The third kappa shape index (κ3) is 5.42. The highest BCUT2D eigenvalue weighted by Crippen LogP contribution is 2.25. The number of halogens is 1. The lowest BCUT2D eigenvalue weighted by Crippen LogP contribution is -2.42. The van der Waals surface area contributed by atoms with Gasteiger partial charge in [-0.3, -0.25) is 20.1 Å². The largest absolute Gasteiger partial charge is 0.288 e. The van der Waals surface area contributed by atoms with Crippen LogP contribution < -0.4 is 10.4 Å². The number of hydrogen-bond donors (Lipinski definition) is 1. The van der Waals surface area contributed by atoms with Crippen molar-refractivity contribution in [1.82, 2.24) is 9.89 Å². The zero-order valence-electron chi connectivity index (χ0n) is 17.0. The topological polar surface area (TPSA) is 78.9 Å². The third-order valence-corrected chi connectivity index (χ3v) is 6.72. The molecule has 7 nitrogen and oxygen atoms in total. The van der Waals surface area contributed by atoms with Gasteiger partial charge in [0.05, 0.1) is 24.4 Å². The lowest BCUT2D eigenvalue weighted by Gasteiger charge is -2.26. The minimum atomic E-state index is -4.02. The van der Waals surface area contributed by atoms with Crippen molar-refractivity contribution in [2.75, 3.05) is 19.2 Å². The third-order valence-electron chi connectivity index (χ3n) is 4.55. The Morgan fingerprint density at radius 2 is 1.61 bits per heavy atom. The Hall–Kier alpha value is -2.91. The minimum absolute atomic E-state index is 0.00958. The Bertz CT molecular complexity index is 1140. The average Bonchev–Trinajstić information content (AvgIpc) is 2.79. The van der Waals surface area contributed by atoms with Gasteiger partial charge in [0.25, 0.3) is 15.9 Å². The van der Waals surface area contributed by atoms with Crippen LogP contribution in [0.5, 0.6) is 0 Å². The molecule has 9 heteroatoms. The van der Waals surface area contributed by atoms with Gasteiger partial charge < -0.3 is 0 Å². The molecule has 0 aromatic heterocycles. The number of amides is 1. The van der Waals surface area contributed by atoms with Gasteiger partial charge in [0.1, 0.15) is 4.90 Å². The summed E-state index contributed by atoms with van der Waals surface area (Å²) in [5.41, 5.74) is 4.76. The van der Waals surface area contributed by atoms with E-state index in [0.29, 0.717) is 11.0 Å². The van der Waals surface area contributed by atoms with Crippen LogP contribution in [0.4, 0.5) is 5.69 Å². The monoisotopic (exact) mass is 459 g/mol. The summed E-state index contributed by atoms with van der Waals surface area (Å²) in [5, 5.41) is 1.69. The van der Waals surface area contributed by atoms with Gasteiger partial charge in [-0.05, 0) is 35.9 Å². The van der Waals surface area contributed by atoms with Crippen LogP contribution in [0.1, 0.15) is 15.9 Å². The first kappa shape index (κ1) is 22.8. The minimum Gasteiger partial charge on any atom is -0.288 e. The second-order valence-electron chi connectivity index (χ2n) is 6.59. The maximum Gasteiger partial charge on any atom is 0.269 e. The second kappa shape index (κ2) is 9.93. The van der Waals surface area contributed by atoms with Crippen LogP contribution in [-0.2, 0) is 21.4 Å². The fourth-order valence-electron chi connectivity index (χ4n) is 2.84. The van der Waals surface area contributed by atoms with Crippen molar-refractivity contribution in [1.29, 1.82) is 0 Å². The van der Waals surface area contributed by atoms with Gasteiger partial charge in [0.2, 0.25) is 0 Å². The van der Waals surface area contributed by atoms with E-state index >= 15 is 0 Å². The maximum atomic E-state index is 13.0. The molecule has 0 aliphatic rings. The van der Waals surface area contributed by atoms with Gasteiger partial charge >= 0.3 is 0 Å². The van der Waals surface area contributed by atoms with Crippen molar-refractivity contribution in [3.63, 3.8) is 0 Å². The number of sulfonamides is 1. The normalized spacial score (nSPS) is 11.4. The van der Waals surface area contributed by atoms with Crippen molar-refractivity contribution in [3.8, 4) is 0 Å². The van der Waals surface area contributed by atoms with Crippen LogP contribution in [0.2, 0.25) is 5.02 Å². The molecular weight excluding hydrogens is 438 g/mol. The number of hydrogen-bond acceptors (Lipinski definition) is 5. The molecule has 0 saturated heterocycles. The summed E-state index contributed by atoms with van der Waals surface area (Å²) in [6.07, 6.45) is 0. The summed E-state index contributed by atoms with van der Waals surface area (Å²) in [4.78, 5) is 17.6. The predicted molar refractivity (Wildman–Crippen MR) is 120 cm³/mol. The number of rotatable bonds is 8. The molecule has 3 aromatic rings. The van der Waals surface area contributed by atoms with Gasteiger partial charge in [-0.2, -0.15) is 0 Å². The lowest BCUT2D eigenvalue weighted by molar-refractivity contribution is -0.0258. The van der Waals surface area contributed by atoms with Crippen molar-refractivity contribution in [2.45, 2.75) is 11.4 Å². The molecule has 31 heavy (non-hydrogen) atoms. The van der Waals surface area contributed by atoms with Gasteiger partial charge in [0, 0.05) is 12.6 Å². The summed E-state index contributed by atoms with van der Waals surface area (Å²) < 4.78 is 25.9. The van der Waals surface area contributed by atoms with Gasteiger partial charge in [-0.1, -0.05) is 64.6 Å². The number of anilines is 1. The van der Waals surface area contributed by atoms with Crippen LogP contribution in [0, 0.1) is 0 Å². The first-order chi connectivity index (χ1) is 14.8. The van der Waals surface area contributed by atoms with E-state index in [-0.39, 0.29) is 15.5 Å². The SMILES string of the molecule is CON(C)S(=O)(=O)c1cc(C(=O)NN(Cc2ccccc2)c2ccccc2)ccc1Cl. The van der Waals surface area contributed by atoms with Gasteiger partial charge in [-0.25, -0.2) is 8.42 Å². The molecule has 3 rings (SSSR count). The maximum absolute atomic E-state index is 13.0. The highest BCUT2D eigenvalue weighted by Gasteiger charge is 2.25. The molecule has 0 bridgehead atoms. The molecular formula is C22H22ClN3O4S. The van der Waals surface area contributed by atoms with Crippen molar-refractivity contribution >= 4 is 33.2 Å². The Labute approximate surface area is 186 Å². The van der Waals surface area contributed by atoms with E-state index in [9.17, 15) is 13.2 Å². The molecule has 3 aromatic carbocycles. The van der Waals surface area contributed by atoms with Crippen molar-refractivity contribution in [3.05, 3.63) is 95.0 Å². The fraction of sp³-hybridized carbons (Fsp3) is 0.136. The standard InChI is InChI=1S/C22H22ClN3O4S/c1-25(30-2)31(28,29)21-15-18(13-14-20(21)23)22(27)24-26(19-11-7-4-8-12-19)16-17-9-5-3-6-10-17/h3-15H,16H2,1-2H3,(H,24,27). The van der Waals surface area contributed by atoms with E-state index < -0.39 is 15.9 Å². The molecule has 1 amide bonds. The number of carbonyl (C=O) groups is 1. The molecule has 0 saturated carbocycles. The number of hydrazine groups is 1. The van der Waals surface area contributed by atoms with E-state index in [1.54, 1.807) is 5.01 Å². The zero-order chi connectivity index (χ0) is 22.4. The molecule has 0 heterocycles. The number of hydroxylamine groups is 1. The summed E-state index contributed by atoms with van der Waals surface area (Å²) in [7, 11) is -1.55. The van der Waals surface area contributed by atoms with E-state index in [2.05, 4.69) is 5.43 Å². The summed E-state index contributed by atoms with van der Waals surface area (Å²) in [6, 6.07) is 23.1. The van der Waals surface area contributed by atoms with Gasteiger partial charge in [0.15, 0.2) is 0 Å². The van der Waals surface area contributed by atoms with Crippen LogP contribution in [0.15, 0.2) is 83.8 Å². The second-order valence-corrected chi connectivity index (χ2v) is 8.90. The summed E-state index contributed by atoms with van der Waals surface area (Å²) in [6.45, 7) is 0.418. The summed E-state index contributed by atoms with van der Waals surface area (Å²) in [5.74, 6) is -0.479. The number of carbonyl (C=O) groups excluding carboxylic acids is 1. The van der Waals surface area contributed by atoms with Crippen molar-refractivity contribution in [2.24, 2.45) is 0 Å². The summed E-state index contributed by atoms with van der Waals surface area (Å²) >= 11 is 6.09. The Kier molecular flexibility index (Phi) is 7.29. The van der Waals surface area contributed by atoms with E-state index in [1.165, 1.54) is 32.4 Å². The van der Waals surface area contributed by atoms with Gasteiger partial charge in [-0.15, -0.1) is 0 Å². The van der Waals surface area contributed by atoms with E-state index in [4.69, 9.17) is 16.4 Å². The zero-order valence-corrected chi connectivity index (χ0v) is 18.6. The predicted octanol–water partition coefficient (Wildman–Crippen LogP) is 3.87. The first-order valence-electron chi connectivity index (χ1n) is 9.33. The molecule has 1 N–H and O–H groups in total. The first-order valence-corrected chi connectivity index (χ1v) is 11.1. The quantitative estimate of drug-likeness (QED) is 0.517. The molecule has 162 valence electrons. The molecule has 0 spiro atoms. The number of para-hydroxylation sites is 1. The van der Waals surface area contributed by atoms with Crippen LogP contribution >= 0.6 is 11.6 Å². The van der Waals surface area contributed by atoms with Crippen LogP contribution in [0.25, 0.3) is 0 Å². The molecule has 0 aliphatic carbocycles. The fourth-order valence-corrected chi connectivity index (χ4v) is 4.31. The molecule has 0 aliphatic heterocycles. The van der Waals surface area contributed by atoms with Crippen LogP contribution in [-0.4, -0.2) is 33.0 Å². The Morgan fingerprint density at radius 3 is 2.23 bits per heavy atom. The van der Waals surface area contributed by atoms with E-state index in [1.807, 2.05) is 60.7 Å². The molecule has 0 fully saturated rings. The Morgan fingerprint density at radius 1 is 1.00 bits per heavy atom. The molecule has 0 atom stereocenters. The van der Waals surface area contributed by atoms with Crippen LogP contribution in [0.3, 0.4) is 0 Å². The number of benzene rings is 3. The van der Waals surface area contributed by atoms with Crippen molar-refractivity contribution < 1.29 is 18.0 Å². The average molecular weight is 460 g/mol. The highest BCUT2D eigenvalue weighted by atomic mass is 35.5. The lowest BCUT2D eigenvalue weighted by atomic mass is 10.2. The Balaban J connectivity index is 1.91. The highest BCUT2D eigenvalue weighted by molar-refractivity contribution is 7.89. The number of nitrogens with zero attached hydrogens (tertiary/aromatic N) is 2. The number of nitrogens with one attached hydrogen (secondary N) is 1.